The summed E-state index contributed by atoms with van der Waals surface area (Å²) >= 11 is 0. The second kappa shape index (κ2) is 5.17. The number of amides is 2. The summed E-state index contributed by atoms with van der Waals surface area (Å²) < 4.78 is 0. The van der Waals surface area contributed by atoms with Gasteiger partial charge in [0.25, 0.3) is 0 Å². The summed E-state index contributed by atoms with van der Waals surface area (Å²) in [5.41, 5.74) is -0.840. The maximum atomic E-state index is 11.9. The zero-order valence-electron chi connectivity index (χ0n) is 10.6. The number of hydrogen-bond donors (Lipinski definition) is 1. The second-order valence-electron chi connectivity index (χ2n) is 5.05. The highest BCUT2D eigenvalue weighted by molar-refractivity contribution is 5.91. The Labute approximate surface area is 102 Å². The maximum Gasteiger partial charge on any atom is 0.243 e. The van der Waals surface area contributed by atoms with Crippen LogP contribution in [0.15, 0.2) is 0 Å². The summed E-state index contributed by atoms with van der Waals surface area (Å²) in [6.45, 7) is 4.63. The van der Waals surface area contributed by atoms with Crippen LogP contribution in [0.5, 0.6) is 0 Å². The highest BCUT2D eigenvalue weighted by Crippen LogP contribution is 2.46. The minimum absolute atomic E-state index is 0.0228. The second-order valence-corrected chi connectivity index (χ2v) is 5.05. The first-order chi connectivity index (χ1) is 7.91. The van der Waals surface area contributed by atoms with E-state index in [1.807, 2.05) is 19.9 Å². The normalized spacial score (nSPS) is 16.2. The molecule has 2 amide bonds. The molecule has 5 heteroatoms. The monoisotopic (exact) mass is 237 g/mol. The lowest BCUT2D eigenvalue weighted by Gasteiger charge is -2.19. The van der Waals surface area contributed by atoms with Crippen LogP contribution in [-0.4, -0.2) is 36.9 Å². The van der Waals surface area contributed by atoms with Gasteiger partial charge in [-0.25, -0.2) is 0 Å². The van der Waals surface area contributed by atoms with Crippen LogP contribution in [0.4, 0.5) is 0 Å². The third-order valence-corrected chi connectivity index (χ3v) is 2.81. The lowest BCUT2D eigenvalue weighted by atomic mass is 10.1. The van der Waals surface area contributed by atoms with Gasteiger partial charge in [-0.1, -0.05) is 13.8 Å². The standard InChI is InChI=1S/C12H19N3O2/c1-9(2)6-14-10(16)7-15(3)11(17)12(8-13)4-5-12/h9H,4-7H2,1-3H3,(H,14,16). The van der Waals surface area contributed by atoms with Gasteiger partial charge in [0.05, 0.1) is 12.6 Å². The molecule has 0 aromatic carbocycles. The fourth-order valence-electron chi connectivity index (χ4n) is 1.52. The zero-order valence-corrected chi connectivity index (χ0v) is 10.6. The minimum Gasteiger partial charge on any atom is -0.354 e. The molecule has 0 atom stereocenters. The van der Waals surface area contributed by atoms with Gasteiger partial charge in [-0.2, -0.15) is 5.26 Å². The number of nitriles is 1. The van der Waals surface area contributed by atoms with Crippen LogP contribution in [0.2, 0.25) is 0 Å². The van der Waals surface area contributed by atoms with Crippen molar-refractivity contribution >= 4 is 11.8 Å². The highest BCUT2D eigenvalue weighted by atomic mass is 16.2. The molecule has 0 unspecified atom stereocenters. The molecule has 1 N–H and O–H groups in total. The molecule has 94 valence electrons. The molecule has 0 saturated heterocycles. The number of nitrogens with zero attached hydrogens (tertiary/aromatic N) is 2. The fraction of sp³-hybridized carbons (Fsp3) is 0.750. The Balaban J connectivity index is 2.39. The van der Waals surface area contributed by atoms with E-state index in [-0.39, 0.29) is 18.4 Å². The van der Waals surface area contributed by atoms with E-state index in [2.05, 4.69) is 5.32 Å². The molecule has 0 aromatic rings. The SMILES string of the molecule is CC(C)CNC(=O)CN(C)C(=O)C1(C#N)CC1. The summed E-state index contributed by atoms with van der Waals surface area (Å²) in [6, 6.07) is 2.03. The molecule has 5 nitrogen and oxygen atoms in total. The first-order valence-corrected chi connectivity index (χ1v) is 5.85. The number of carbonyl (C=O) groups excluding carboxylic acids is 2. The zero-order chi connectivity index (χ0) is 13.1. The fourth-order valence-corrected chi connectivity index (χ4v) is 1.52. The van der Waals surface area contributed by atoms with Crippen molar-refractivity contribution in [2.24, 2.45) is 11.3 Å². The quantitative estimate of drug-likeness (QED) is 0.757. The summed E-state index contributed by atoms with van der Waals surface area (Å²) in [6.07, 6.45) is 1.22. The molecule has 1 aliphatic carbocycles. The molecular weight excluding hydrogens is 218 g/mol. The first-order valence-electron chi connectivity index (χ1n) is 5.85. The average Bonchev–Trinajstić information content (AvgIpc) is 3.06. The van der Waals surface area contributed by atoms with Gasteiger partial charge in [-0.05, 0) is 18.8 Å². The van der Waals surface area contributed by atoms with E-state index in [1.54, 1.807) is 7.05 Å². The van der Waals surface area contributed by atoms with Gasteiger partial charge < -0.3 is 10.2 Å². The number of nitrogens with one attached hydrogen (secondary N) is 1. The molecule has 0 aliphatic heterocycles. The van der Waals surface area contributed by atoms with Crippen LogP contribution < -0.4 is 5.32 Å². The molecule has 1 fully saturated rings. The van der Waals surface area contributed by atoms with Crippen LogP contribution in [-0.2, 0) is 9.59 Å². The summed E-state index contributed by atoms with van der Waals surface area (Å²) in [4.78, 5) is 24.7. The van der Waals surface area contributed by atoms with Crippen molar-refractivity contribution in [2.75, 3.05) is 20.1 Å². The molecule has 1 aliphatic rings. The van der Waals surface area contributed by atoms with Gasteiger partial charge in [0.15, 0.2) is 0 Å². The van der Waals surface area contributed by atoms with Gasteiger partial charge in [-0.15, -0.1) is 0 Å². The minimum atomic E-state index is -0.840. The van der Waals surface area contributed by atoms with Gasteiger partial charge in [0.2, 0.25) is 11.8 Å². The van der Waals surface area contributed by atoms with Crippen molar-refractivity contribution in [1.29, 1.82) is 5.26 Å². The van der Waals surface area contributed by atoms with E-state index in [4.69, 9.17) is 5.26 Å². The van der Waals surface area contributed by atoms with Crippen LogP contribution in [0, 0.1) is 22.7 Å². The predicted molar refractivity (Wildman–Crippen MR) is 62.8 cm³/mol. The van der Waals surface area contributed by atoms with Gasteiger partial charge in [0.1, 0.15) is 5.41 Å². The lowest BCUT2D eigenvalue weighted by molar-refractivity contribution is -0.137. The molecule has 0 radical (unpaired) electrons. The molecular formula is C12H19N3O2. The largest absolute Gasteiger partial charge is 0.354 e. The Kier molecular flexibility index (Phi) is 4.11. The van der Waals surface area contributed by atoms with Gasteiger partial charge >= 0.3 is 0 Å². The van der Waals surface area contributed by atoms with Crippen LogP contribution >= 0.6 is 0 Å². The highest BCUT2D eigenvalue weighted by Gasteiger charge is 2.52. The number of hydrogen-bond acceptors (Lipinski definition) is 3. The van der Waals surface area contributed by atoms with Crippen LogP contribution in [0.1, 0.15) is 26.7 Å². The van der Waals surface area contributed by atoms with Gasteiger partial charge in [-0.3, -0.25) is 9.59 Å². The van der Waals surface area contributed by atoms with E-state index in [9.17, 15) is 9.59 Å². The molecule has 0 aromatic heterocycles. The van der Waals surface area contributed by atoms with E-state index in [0.717, 1.165) is 0 Å². The molecule has 1 saturated carbocycles. The van der Waals surface area contributed by atoms with Crippen molar-refractivity contribution in [3.63, 3.8) is 0 Å². The Morgan fingerprint density at radius 1 is 1.47 bits per heavy atom. The topological polar surface area (TPSA) is 73.2 Å². The Hall–Kier alpha value is -1.57. The summed E-state index contributed by atoms with van der Waals surface area (Å²) in [5, 5.41) is 11.6. The Morgan fingerprint density at radius 2 is 2.06 bits per heavy atom. The molecule has 0 bridgehead atoms. The number of rotatable bonds is 5. The lowest BCUT2D eigenvalue weighted by Crippen LogP contribution is -2.42. The number of carbonyl (C=O) groups is 2. The Bertz CT molecular complexity index is 353. The van der Waals surface area contributed by atoms with E-state index in [0.29, 0.717) is 25.3 Å². The molecule has 1 rings (SSSR count). The Morgan fingerprint density at radius 3 is 2.47 bits per heavy atom. The maximum absolute atomic E-state index is 11.9. The summed E-state index contributed by atoms with van der Waals surface area (Å²) in [7, 11) is 1.56. The van der Waals surface area contributed by atoms with Crippen LogP contribution in [0.25, 0.3) is 0 Å². The smallest absolute Gasteiger partial charge is 0.243 e. The average molecular weight is 237 g/mol. The van der Waals surface area contributed by atoms with Gasteiger partial charge in [0, 0.05) is 13.6 Å². The van der Waals surface area contributed by atoms with Crippen molar-refractivity contribution in [3.05, 3.63) is 0 Å². The predicted octanol–water partition coefficient (Wildman–Crippen LogP) is 0.521. The summed E-state index contributed by atoms with van der Waals surface area (Å²) in [5.74, 6) is -0.0307. The third-order valence-electron chi connectivity index (χ3n) is 2.81. The van der Waals surface area contributed by atoms with E-state index < -0.39 is 5.41 Å². The third kappa shape index (κ3) is 3.45. The van der Waals surface area contributed by atoms with Crippen molar-refractivity contribution in [2.45, 2.75) is 26.7 Å². The van der Waals surface area contributed by atoms with Crippen molar-refractivity contribution in [1.82, 2.24) is 10.2 Å². The molecule has 0 heterocycles. The first kappa shape index (κ1) is 13.5. The van der Waals surface area contributed by atoms with E-state index >= 15 is 0 Å². The van der Waals surface area contributed by atoms with E-state index in [1.165, 1.54) is 4.90 Å². The number of likely N-dealkylation sites (N-methyl/N-ethyl adjacent to an activating group) is 1. The van der Waals surface area contributed by atoms with Crippen molar-refractivity contribution < 1.29 is 9.59 Å². The van der Waals surface area contributed by atoms with Crippen LogP contribution in [0.3, 0.4) is 0 Å². The molecule has 17 heavy (non-hydrogen) atoms. The van der Waals surface area contributed by atoms with Crippen molar-refractivity contribution in [3.8, 4) is 6.07 Å². The molecule has 0 spiro atoms.